The molecular weight excluding hydrogens is 534 g/mol. The van der Waals surface area contributed by atoms with Crippen LogP contribution in [0.3, 0.4) is 0 Å². The maximum Gasteiger partial charge on any atom is 0.274 e. The smallest absolute Gasteiger partial charge is 0.274 e. The van der Waals surface area contributed by atoms with E-state index in [0.29, 0.717) is 29.6 Å². The molecule has 0 saturated carbocycles. The fraction of sp³-hybridized carbons (Fsp3) is 0.231. The number of hydrogen-bond donors (Lipinski definition) is 1. The number of thiophene rings is 1. The summed E-state index contributed by atoms with van der Waals surface area (Å²) in [5.74, 6) is -0.337. The normalized spacial score (nSPS) is 11.6. The molecule has 11 heteroatoms. The third-order valence-corrected chi connectivity index (χ3v) is 8.22. The first-order valence-corrected chi connectivity index (χ1v) is 14.5. The minimum Gasteiger partial charge on any atom is -0.395 e. The summed E-state index contributed by atoms with van der Waals surface area (Å²) in [6.07, 6.45) is 1.18. The van der Waals surface area contributed by atoms with E-state index in [1.807, 2.05) is 36.4 Å². The summed E-state index contributed by atoms with van der Waals surface area (Å²) in [4.78, 5) is 16.7. The third kappa shape index (κ3) is 6.11. The second-order valence-corrected chi connectivity index (χ2v) is 11.8. The van der Waals surface area contributed by atoms with Gasteiger partial charge in [-0.3, -0.25) is 4.79 Å². The molecule has 0 unspecified atom stereocenters. The van der Waals surface area contributed by atoms with Crippen LogP contribution in [-0.2, 0) is 14.6 Å². The molecule has 0 aliphatic heterocycles. The van der Waals surface area contributed by atoms with E-state index in [2.05, 4.69) is 5.10 Å². The number of aliphatic hydroxyl groups excluding tert-OH is 1. The highest BCUT2D eigenvalue weighted by Crippen LogP contribution is 2.37. The summed E-state index contributed by atoms with van der Waals surface area (Å²) < 4.78 is 30.8. The van der Waals surface area contributed by atoms with Gasteiger partial charge in [0.15, 0.2) is 15.5 Å². The SMILES string of the molecule is COCCN(CCO)C(=O)c1cc(-c2ccc(-c3cccc(S(C)(=O)=O)c3)s2)n(-c2ccccc2Cl)n1. The van der Waals surface area contributed by atoms with Crippen LogP contribution in [0.1, 0.15) is 10.5 Å². The zero-order chi connectivity index (χ0) is 26.6. The largest absolute Gasteiger partial charge is 0.395 e. The lowest BCUT2D eigenvalue weighted by Gasteiger charge is -2.20. The molecule has 194 valence electrons. The van der Waals surface area contributed by atoms with Crippen LogP contribution in [0, 0.1) is 0 Å². The van der Waals surface area contributed by atoms with Crippen molar-refractivity contribution in [1.82, 2.24) is 14.7 Å². The lowest BCUT2D eigenvalue weighted by molar-refractivity contribution is 0.0650. The summed E-state index contributed by atoms with van der Waals surface area (Å²) in [6.45, 7) is 0.597. The van der Waals surface area contributed by atoms with Gasteiger partial charge in [0, 0.05) is 31.3 Å². The second kappa shape index (κ2) is 11.6. The Morgan fingerprint density at radius 2 is 1.84 bits per heavy atom. The topological polar surface area (TPSA) is 102 Å². The van der Waals surface area contributed by atoms with E-state index in [0.717, 1.165) is 15.3 Å². The number of amides is 1. The highest BCUT2D eigenvalue weighted by atomic mass is 35.5. The number of nitrogens with zero attached hydrogens (tertiary/aromatic N) is 3. The molecule has 1 N–H and O–H groups in total. The monoisotopic (exact) mass is 559 g/mol. The van der Waals surface area contributed by atoms with Crippen molar-refractivity contribution in [2.24, 2.45) is 0 Å². The molecule has 0 radical (unpaired) electrons. The molecule has 37 heavy (non-hydrogen) atoms. The van der Waals surface area contributed by atoms with Gasteiger partial charge in [-0.25, -0.2) is 13.1 Å². The van der Waals surface area contributed by atoms with Gasteiger partial charge in [0.2, 0.25) is 0 Å². The Morgan fingerprint density at radius 3 is 2.54 bits per heavy atom. The summed E-state index contributed by atoms with van der Waals surface area (Å²) in [6, 6.07) is 19.5. The highest BCUT2D eigenvalue weighted by molar-refractivity contribution is 7.90. The number of para-hydroxylation sites is 1. The van der Waals surface area contributed by atoms with Gasteiger partial charge in [0.25, 0.3) is 5.91 Å². The zero-order valence-electron chi connectivity index (χ0n) is 20.3. The third-order valence-electron chi connectivity index (χ3n) is 5.64. The lowest BCUT2D eigenvalue weighted by atomic mass is 10.2. The number of hydrogen-bond acceptors (Lipinski definition) is 7. The molecule has 2 aromatic heterocycles. The van der Waals surface area contributed by atoms with Crippen molar-refractivity contribution < 1.29 is 23.1 Å². The highest BCUT2D eigenvalue weighted by Gasteiger charge is 2.23. The van der Waals surface area contributed by atoms with Crippen LogP contribution in [0.15, 0.2) is 71.6 Å². The molecule has 0 fully saturated rings. The molecule has 1 amide bonds. The number of rotatable bonds is 10. The van der Waals surface area contributed by atoms with Crippen LogP contribution in [0.4, 0.5) is 0 Å². The van der Waals surface area contributed by atoms with E-state index >= 15 is 0 Å². The second-order valence-electron chi connectivity index (χ2n) is 8.25. The minimum atomic E-state index is -3.35. The van der Waals surface area contributed by atoms with Crippen LogP contribution in [0.5, 0.6) is 0 Å². The molecule has 0 aliphatic rings. The number of ether oxygens (including phenoxy) is 1. The number of sulfone groups is 1. The average Bonchev–Trinajstić information content (AvgIpc) is 3.54. The van der Waals surface area contributed by atoms with Crippen molar-refractivity contribution in [2.75, 3.05) is 39.7 Å². The van der Waals surface area contributed by atoms with Gasteiger partial charge in [0.1, 0.15) is 0 Å². The van der Waals surface area contributed by atoms with Crippen LogP contribution < -0.4 is 0 Å². The van der Waals surface area contributed by atoms with Crippen molar-refractivity contribution in [3.05, 3.63) is 77.4 Å². The van der Waals surface area contributed by atoms with Crippen LogP contribution in [-0.4, -0.2) is 73.8 Å². The standard InChI is InChI=1S/C26H26ClN3O5S2/c1-35-15-13-29(12-14-31)26(32)21-17-23(30(28-21)22-9-4-3-8-20(22)27)25-11-10-24(36-25)18-6-5-7-19(16-18)37(2,33)34/h3-11,16-17,31H,12-15H2,1-2H3. The minimum absolute atomic E-state index is 0.149. The molecule has 4 aromatic rings. The molecule has 0 saturated heterocycles. The molecule has 2 aromatic carbocycles. The van der Waals surface area contributed by atoms with Gasteiger partial charge < -0.3 is 14.7 Å². The number of benzene rings is 2. The summed E-state index contributed by atoms with van der Waals surface area (Å²) in [5, 5.41) is 14.5. The molecular formula is C26H26ClN3O5S2. The molecule has 0 atom stereocenters. The predicted octanol–water partition coefficient (Wildman–Crippen LogP) is 4.41. The first kappa shape index (κ1) is 27.0. The number of aliphatic hydroxyl groups is 1. The van der Waals surface area contributed by atoms with E-state index in [9.17, 15) is 18.3 Å². The fourth-order valence-electron chi connectivity index (χ4n) is 3.78. The number of aromatic nitrogens is 2. The summed E-state index contributed by atoms with van der Waals surface area (Å²) in [5.41, 5.74) is 2.24. The molecule has 8 nitrogen and oxygen atoms in total. The Morgan fingerprint density at radius 1 is 1.08 bits per heavy atom. The number of carbonyl (C=O) groups is 1. The van der Waals surface area contributed by atoms with Gasteiger partial charge in [-0.2, -0.15) is 5.10 Å². The fourth-order valence-corrected chi connectivity index (χ4v) is 5.66. The molecule has 0 aliphatic carbocycles. The first-order valence-electron chi connectivity index (χ1n) is 11.4. The van der Waals surface area contributed by atoms with Gasteiger partial charge in [-0.15, -0.1) is 11.3 Å². The average molecular weight is 560 g/mol. The van der Waals surface area contributed by atoms with E-state index in [4.69, 9.17) is 16.3 Å². The Kier molecular flexibility index (Phi) is 8.46. The van der Waals surface area contributed by atoms with Gasteiger partial charge >= 0.3 is 0 Å². The predicted molar refractivity (Wildman–Crippen MR) is 145 cm³/mol. The van der Waals surface area contributed by atoms with Crippen molar-refractivity contribution in [2.45, 2.75) is 4.90 Å². The van der Waals surface area contributed by atoms with Crippen LogP contribution in [0.2, 0.25) is 5.02 Å². The van der Waals surface area contributed by atoms with E-state index in [1.165, 1.54) is 22.5 Å². The Balaban J connectivity index is 1.79. The first-order chi connectivity index (χ1) is 17.7. The van der Waals surface area contributed by atoms with Crippen molar-refractivity contribution in [1.29, 1.82) is 0 Å². The quantitative estimate of drug-likeness (QED) is 0.309. The molecule has 0 spiro atoms. The Hall–Kier alpha value is -3.02. The van der Waals surface area contributed by atoms with Crippen molar-refractivity contribution in [3.8, 4) is 26.7 Å². The summed E-state index contributed by atoms with van der Waals surface area (Å²) >= 11 is 7.94. The van der Waals surface area contributed by atoms with E-state index < -0.39 is 9.84 Å². The molecule has 0 bridgehead atoms. The number of halogens is 1. The van der Waals surface area contributed by atoms with Gasteiger partial charge in [0.05, 0.1) is 39.4 Å². The summed E-state index contributed by atoms with van der Waals surface area (Å²) in [7, 11) is -1.80. The molecule has 4 rings (SSSR count). The van der Waals surface area contributed by atoms with Crippen LogP contribution in [0.25, 0.3) is 26.7 Å². The maximum absolute atomic E-state index is 13.3. The van der Waals surface area contributed by atoms with Gasteiger partial charge in [-0.05, 0) is 48.0 Å². The number of methoxy groups -OCH3 is 1. The maximum atomic E-state index is 13.3. The van der Waals surface area contributed by atoms with Crippen molar-refractivity contribution in [3.63, 3.8) is 0 Å². The number of carbonyl (C=O) groups excluding carboxylic acids is 1. The van der Waals surface area contributed by atoms with E-state index in [1.54, 1.807) is 42.1 Å². The Labute approximate surface area is 224 Å². The Bertz CT molecular complexity index is 1510. The van der Waals surface area contributed by atoms with E-state index in [-0.39, 0.29) is 29.6 Å². The molecule has 2 heterocycles. The lowest BCUT2D eigenvalue weighted by Crippen LogP contribution is -2.36. The van der Waals surface area contributed by atoms with Crippen molar-refractivity contribution >= 4 is 38.7 Å². The van der Waals surface area contributed by atoms with Gasteiger partial charge in [-0.1, -0.05) is 35.9 Å². The van der Waals surface area contributed by atoms with Crippen LogP contribution >= 0.6 is 22.9 Å². The zero-order valence-corrected chi connectivity index (χ0v) is 22.7.